The Labute approximate surface area is 145 Å². The molecule has 6 nitrogen and oxygen atoms in total. The van der Waals surface area contributed by atoms with Gasteiger partial charge >= 0.3 is 0 Å². The number of aliphatic hydroxyl groups excluding tert-OH is 1. The molecule has 0 aliphatic carbocycles. The van der Waals surface area contributed by atoms with Crippen molar-refractivity contribution in [2.24, 2.45) is 10.7 Å². The zero-order chi connectivity index (χ0) is 16.9. The molecule has 2 aliphatic rings. The SMILES string of the molecule is NCC(=O)NC1=NC(c2cccc(N3CCC(O)CC3)c2)=CSC1. The number of aliphatic imine (C=N–C) groups is 1. The summed E-state index contributed by atoms with van der Waals surface area (Å²) in [4.78, 5) is 18.3. The normalized spacial score (nSPS) is 18.8. The van der Waals surface area contributed by atoms with E-state index in [0.717, 1.165) is 42.9 Å². The summed E-state index contributed by atoms with van der Waals surface area (Å²) < 4.78 is 0. The van der Waals surface area contributed by atoms with Crippen LogP contribution in [0.2, 0.25) is 0 Å². The quantitative estimate of drug-likeness (QED) is 0.764. The molecular formula is C17H22N4O2S. The molecule has 1 amide bonds. The van der Waals surface area contributed by atoms with Gasteiger partial charge in [-0.05, 0) is 30.4 Å². The first-order valence-electron chi connectivity index (χ1n) is 8.08. The predicted molar refractivity (Wildman–Crippen MR) is 99.0 cm³/mol. The van der Waals surface area contributed by atoms with Crippen molar-refractivity contribution in [3.8, 4) is 0 Å². The van der Waals surface area contributed by atoms with Crippen LogP contribution < -0.4 is 16.0 Å². The van der Waals surface area contributed by atoms with E-state index in [-0.39, 0.29) is 18.6 Å². The van der Waals surface area contributed by atoms with Crippen LogP contribution in [0.5, 0.6) is 0 Å². The number of hydrogen-bond donors (Lipinski definition) is 3. The smallest absolute Gasteiger partial charge is 0.239 e. The average molecular weight is 346 g/mol. The minimum atomic E-state index is -0.226. The number of nitrogens with two attached hydrogens (primary N) is 1. The summed E-state index contributed by atoms with van der Waals surface area (Å²) in [5.74, 6) is 1.05. The molecular weight excluding hydrogens is 324 g/mol. The highest BCUT2D eigenvalue weighted by Gasteiger charge is 2.18. The number of anilines is 1. The van der Waals surface area contributed by atoms with Crippen LogP contribution in [-0.4, -0.2) is 48.3 Å². The van der Waals surface area contributed by atoms with Gasteiger partial charge in [0, 0.05) is 24.3 Å². The third-order valence-electron chi connectivity index (χ3n) is 4.11. The van der Waals surface area contributed by atoms with Crippen molar-refractivity contribution < 1.29 is 9.90 Å². The van der Waals surface area contributed by atoms with Crippen LogP contribution in [0.4, 0.5) is 5.69 Å². The number of carbonyl (C=O) groups is 1. The molecule has 7 heteroatoms. The Hall–Kier alpha value is -1.83. The number of rotatable bonds is 3. The van der Waals surface area contributed by atoms with Crippen molar-refractivity contribution in [1.82, 2.24) is 5.32 Å². The van der Waals surface area contributed by atoms with Gasteiger partial charge in [0.05, 0.1) is 24.1 Å². The fourth-order valence-electron chi connectivity index (χ4n) is 2.80. The van der Waals surface area contributed by atoms with Crippen LogP contribution >= 0.6 is 11.8 Å². The van der Waals surface area contributed by atoms with Gasteiger partial charge in [-0.2, -0.15) is 0 Å². The van der Waals surface area contributed by atoms with E-state index < -0.39 is 0 Å². The minimum Gasteiger partial charge on any atom is -0.393 e. The molecule has 2 heterocycles. The fourth-order valence-corrected chi connectivity index (χ4v) is 3.52. The third-order valence-corrected chi connectivity index (χ3v) is 4.94. The topological polar surface area (TPSA) is 91.0 Å². The third kappa shape index (κ3) is 4.17. The molecule has 4 N–H and O–H groups in total. The zero-order valence-electron chi connectivity index (χ0n) is 13.4. The van der Waals surface area contributed by atoms with E-state index in [0.29, 0.717) is 11.6 Å². The highest BCUT2D eigenvalue weighted by atomic mass is 32.2. The monoisotopic (exact) mass is 346 g/mol. The average Bonchev–Trinajstić information content (AvgIpc) is 2.62. The maximum Gasteiger partial charge on any atom is 0.239 e. The van der Waals surface area contributed by atoms with Gasteiger partial charge in [-0.3, -0.25) is 4.79 Å². The van der Waals surface area contributed by atoms with Crippen molar-refractivity contribution in [1.29, 1.82) is 0 Å². The van der Waals surface area contributed by atoms with E-state index >= 15 is 0 Å². The number of thioether (sulfide) groups is 1. The molecule has 128 valence electrons. The van der Waals surface area contributed by atoms with Crippen LogP contribution in [-0.2, 0) is 4.79 Å². The van der Waals surface area contributed by atoms with Crippen molar-refractivity contribution >= 4 is 34.9 Å². The van der Waals surface area contributed by atoms with Gasteiger partial charge in [-0.15, -0.1) is 11.8 Å². The van der Waals surface area contributed by atoms with Crippen LogP contribution in [0.15, 0.2) is 34.7 Å². The molecule has 1 fully saturated rings. The van der Waals surface area contributed by atoms with E-state index in [4.69, 9.17) is 5.73 Å². The number of benzene rings is 1. The number of carbonyl (C=O) groups excluding carboxylic acids is 1. The van der Waals surface area contributed by atoms with E-state index in [2.05, 4.69) is 27.3 Å². The maximum absolute atomic E-state index is 11.4. The van der Waals surface area contributed by atoms with Crippen LogP contribution in [0.1, 0.15) is 18.4 Å². The standard InChI is InChI=1S/C17H22N4O2S/c18-9-17(23)20-16-11-24-10-15(19-16)12-2-1-3-13(8-12)21-6-4-14(22)5-7-21/h1-3,8,10,14,22H,4-7,9,11,18H2,(H,19,20,23). The second-order valence-corrected chi connectivity index (χ2v) is 6.75. The second kappa shape index (κ2) is 7.83. The number of nitrogens with one attached hydrogen (secondary N) is 1. The van der Waals surface area contributed by atoms with E-state index in [1.807, 2.05) is 17.5 Å². The maximum atomic E-state index is 11.4. The summed E-state index contributed by atoms with van der Waals surface area (Å²) in [6.45, 7) is 1.68. The van der Waals surface area contributed by atoms with Gasteiger partial charge in [0.2, 0.25) is 5.91 Å². The van der Waals surface area contributed by atoms with Gasteiger partial charge < -0.3 is 21.1 Å². The number of amides is 1. The molecule has 0 aromatic heterocycles. The van der Waals surface area contributed by atoms with Gasteiger partial charge in [0.1, 0.15) is 5.84 Å². The van der Waals surface area contributed by atoms with Gasteiger partial charge in [-0.1, -0.05) is 12.1 Å². The Morgan fingerprint density at radius 2 is 2.21 bits per heavy atom. The van der Waals surface area contributed by atoms with Crippen molar-refractivity contribution in [3.05, 3.63) is 35.2 Å². The van der Waals surface area contributed by atoms with Gasteiger partial charge in [0.25, 0.3) is 0 Å². The van der Waals surface area contributed by atoms with Crippen LogP contribution in [0.3, 0.4) is 0 Å². The summed E-state index contributed by atoms with van der Waals surface area (Å²) in [7, 11) is 0. The Morgan fingerprint density at radius 1 is 1.42 bits per heavy atom. The molecule has 0 spiro atoms. The molecule has 1 aromatic carbocycles. The lowest BCUT2D eigenvalue weighted by molar-refractivity contribution is -0.118. The van der Waals surface area contributed by atoms with E-state index in [1.165, 1.54) is 0 Å². The molecule has 1 saturated heterocycles. The summed E-state index contributed by atoms with van der Waals surface area (Å²) in [6.07, 6.45) is 1.42. The molecule has 0 radical (unpaired) electrons. The molecule has 0 atom stereocenters. The lowest BCUT2D eigenvalue weighted by Crippen LogP contribution is -2.37. The number of hydrogen-bond acceptors (Lipinski definition) is 6. The van der Waals surface area contributed by atoms with Crippen molar-refractivity contribution in [2.45, 2.75) is 18.9 Å². The van der Waals surface area contributed by atoms with Crippen molar-refractivity contribution in [3.63, 3.8) is 0 Å². The number of amidine groups is 1. The van der Waals surface area contributed by atoms with Gasteiger partial charge in [0.15, 0.2) is 0 Å². The molecule has 0 unspecified atom stereocenters. The molecule has 3 rings (SSSR count). The summed E-state index contributed by atoms with van der Waals surface area (Å²) in [5, 5.41) is 14.4. The van der Waals surface area contributed by atoms with Crippen LogP contribution in [0.25, 0.3) is 5.70 Å². The Kier molecular flexibility index (Phi) is 5.55. The Bertz CT molecular complexity index is 666. The largest absolute Gasteiger partial charge is 0.393 e. The predicted octanol–water partition coefficient (Wildman–Crippen LogP) is 1.17. The first kappa shape index (κ1) is 17.0. The highest BCUT2D eigenvalue weighted by Crippen LogP contribution is 2.28. The molecule has 1 aromatic rings. The molecule has 0 saturated carbocycles. The van der Waals surface area contributed by atoms with Crippen LogP contribution in [0, 0.1) is 0 Å². The second-order valence-electron chi connectivity index (χ2n) is 5.89. The fraction of sp³-hybridized carbons (Fsp3) is 0.412. The molecule has 0 bridgehead atoms. The first-order chi connectivity index (χ1) is 11.7. The highest BCUT2D eigenvalue weighted by molar-refractivity contribution is 8.03. The number of nitrogens with zero attached hydrogens (tertiary/aromatic N) is 2. The molecule has 2 aliphatic heterocycles. The minimum absolute atomic E-state index is 0.0426. The molecule has 24 heavy (non-hydrogen) atoms. The van der Waals surface area contributed by atoms with Gasteiger partial charge in [-0.25, -0.2) is 4.99 Å². The Balaban J connectivity index is 1.76. The van der Waals surface area contributed by atoms with Crippen molar-refractivity contribution in [2.75, 3.05) is 30.3 Å². The number of aliphatic hydroxyl groups is 1. The zero-order valence-corrected chi connectivity index (χ0v) is 14.3. The summed E-state index contributed by atoms with van der Waals surface area (Å²) in [6, 6.07) is 8.23. The number of piperidine rings is 1. The summed E-state index contributed by atoms with van der Waals surface area (Å²) >= 11 is 1.61. The Morgan fingerprint density at radius 3 is 2.96 bits per heavy atom. The summed E-state index contributed by atoms with van der Waals surface area (Å²) in [5.41, 5.74) is 8.34. The lowest BCUT2D eigenvalue weighted by Gasteiger charge is -2.31. The van der Waals surface area contributed by atoms with E-state index in [9.17, 15) is 9.90 Å². The lowest BCUT2D eigenvalue weighted by atomic mass is 10.1. The first-order valence-corrected chi connectivity index (χ1v) is 9.13. The van der Waals surface area contributed by atoms with E-state index in [1.54, 1.807) is 11.8 Å².